The number of halogens is 2. The second-order valence-corrected chi connectivity index (χ2v) is 6.89. The van der Waals surface area contributed by atoms with E-state index in [0.717, 1.165) is 8.96 Å². The SMILES string of the molecule is O[C@H](c1ccc(F)cc1)c1nc(Nc2ccn[nH]2)c2ccc(I)cc2n1.[HH].[HH]. The van der Waals surface area contributed by atoms with Gasteiger partial charge in [0.2, 0.25) is 0 Å². The zero-order chi connectivity index (χ0) is 18.1. The number of aliphatic hydroxyl groups is 1. The highest BCUT2D eigenvalue weighted by Gasteiger charge is 2.17. The van der Waals surface area contributed by atoms with E-state index in [2.05, 4.69) is 48.1 Å². The van der Waals surface area contributed by atoms with Crippen LogP contribution in [-0.2, 0) is 0 Å². The molecule has 4 aromatic rings. The summed E-state index contributed by atoms with van der Waals surface area (Å²) in [5.74, 6) is 1.09. The number of hydrogen-bond acceptors (Lipinski definition) is 5. The molecule has 0 aliphatic heterocycles. The molecule has 26 heavy (non-hydrogen) atoms. The lowest BCUT2D eigenvalue weighted by Gasteiger charge is -2.14. The first-order chi connectivity index (χ1) is 12.6. The minimum atomic E-state index is -1.07. The number of H-pyrrole nitrogens is 1. The van der Waals surface area contributed by atoms with E-state index in [-0.39, 0.29) is 14.5 Å². The molecule has 4 rings (SSSR count). The Morgan fingerprint density at radius 3 is 2.65 bits per heavy atom. The highest BCUT2D eigenvalue weighted by atomic mass is 127. The molecule has 0 spiro atoms. The van der Waals surface area contributed by atoms with Crippen LogP contribution >= 0.6 is 22.6 Å². The highest BCUT2D eigenvalue weighted by molar-refractivity contribution is 14.1. The molecule has 0 radical (unpaired) electrons. The van der Waals surface area contributed by atoms with Gasteiger partial charge in [-0.05, 0) is 58.5 Å². The van der Waals surface area contributed by atoms with Crippen molar-refractivity contribution >= 4 is 45.1 Å². The minimum absolute atomic E-state index is 0. The molecule has 2 aromatic carbocycles. The highest BCUT2D eigenvalue weighted by Crippen LogP contribution is 2.28. The van der Waals surface area contributed by atoms with E-state index in [1.165, 1.54) is 24.3 Å². The number of benzene rings is 2. The van der Waals surface area contributed by atoms with Crippen LogP contribution in [0.25, 0.3) is 10.9 Å². The molecule has 0 fully saturated rings. The molecular formula is C18H17FIN5O. The lowest BCUT2D eigenvalue weighted by atomic mass is 10.1. The number of aliphatic hydroxyl groups excluding tert-OH is 1. The molecule has 1 atom stereocenters. The molecule has 2 aromatic heterocycles. The number of aromatic amines is 1. The molecule has 0 saturated carbocycles. The summed E-state index contributed by atoms with van der Waals surface area (Å²) in [4.78, 5) is 8.99. The quantitative estimate of drug-likeness (QED) is 0.389. The van der Waals surface area contributed by atoms with Crippen molar-refractivity contribution in [3.05, 3.63) is 75.5 Å². The predicted molar refractivity (Wildman–Crippen MR) is 109 cm³/mol. The summed E-state index contributed by atoms with van der Waals surface area (Å²) in [5, 5.41) is 21.4. The maximum absolute atomic E-state index is 13.1. The summed E-state index contributed by atoms with van der Waals surface area (Å²) in [5.41, 5.74) is 1.22. The predicted octanol–water partition coefficient (Wildman–Crippen LogP) is 4.41. The van der Waals surface area contributed by atoms with Gasteiger partial charge >= 0.3 is 0 Å². The van der Waals surface area contributed by atoms with E-state index >= 15 is 0 Å². The van der Waals surface area contributed by atoms with Crippen molar-refractivity contribution in [1.82, 2.24) is 20.2 Å². The average Bonchev–Trinajstić information content (AvgIpc) is 3.14. The fourth-order valence-electron chi connectivity index (χ4n) is 2.59. The third-order valence-electron chi connectivity index (χ3n) is 3.86. The summed E-state index contributed by atoms with van der Waals surface area (Å²) in [6.07, 6.45) is 0.559. The van der Waals surface area contributed by atoms with Crippen LogP contribution in [0.3, 0.4) is 0 Å². The second-order valence-electron chi connectivity index (χ2n) is 5.64. The van der Waals surface area contributed by atoms with Crippen molar-refractivity contribution in [2.45, 2.75) is 6.10 Å². The largest absolute Gasteiger partial charge is 0.380 e. The maximum atomic E-state index is 13.1. The summed E-state index contributed by atoms with van der Waals surface area (Å²) in [6.45, 7) is 0. The van der Waals surface area contributed by atoms with Crippen molar-refractivity contribution in [2.24, 2.45) is 0 Å². The Labute approximate surface area is 164 Å². The molecular weight excluding hydrogens is 448 g/mol. The number of nitrogens with zero attached hydrogens (tertiary/aromatic N) is 3. The normalized spacial score (nSPS) is 12.3. The third kappa shape index (κ3) is 3.37. The van der Waals surface area contributed by atoms with Gasteiger partial charge in [-0.15, -0.1) is 0 Å². The molecule has 3 N–H and O–H groups in total. The number of anilines is 2. The third-order valence-corrected chi connectivity index (χ3v) is 4.53. The van der Waals surface area contributed by atoms with Crippen molar-refractivity contribution in [3.8, 4) is 0 Å². The van der Waals surface area contributed by atoms with Crippen molar-refractivity contribution in [2.75, 3.05) is 5.32 Å². The fourth-order valence-corrected chi connectivity index (χ4v) is 3.06. The van der Waals surface area contributed by atoms with E-state index in [0.29, 0.717) is 22.7 Å². The maximum Gasteiger partial charge on any atom is 0.164 e. The fraction of sp³-hybridized carbons (Fsp3) is 0.0556. The number of hydrogen-bond donors (Lipinski definition) is 3. The molecule has 134 valence electrons. The number of nitrogens with one attached hydrogen (secondary N) is 2. The van der Waals surface area contributed by atoms with Gasteiger partial charge in [0.05, 0.1) is 11.7 Å². The second kappa shape index (κ2) is 6.96. The summed E-state index contributed by atoms with van der Waals surface area (Å²) < 4.78 is 14.2. The Morgan fingerprint density at radius 2 is 1.92 bits per heavy atom. The Hall–Kier alpha value is -2.59. The molecule has 0 bridgehead atoms. The van der Waals surface area contributed by atoms with Crippen LogP contribution < -0.4 is 5.32 Å². The molecule has 6 nitrogen and oxygen atoms in total. The van der Waals surface area contributed by atoms with E-state index < -0.39 is 6.10 Å². The lowest BCUT2D eigenvalue weighted by molar-refractivity contribution is 0.210. The first-order valence-corrected chi connectivity index (χ1v) is 8.85. The molecule has 0 unspecified atom stereocenters. The topological polar surface area (TPSA) is 86.7 Å². The minimum Gasteiger partial charge on any atom is -0.380 e. The first-order valence-electron chi connectivity index (χ1n) is 7.77. The summed E-state index contributed by atoms with van der Waals surface area (Å²) >= 11 is 2.21. The van der Waals surface area contributed by atoms with Gasteiger partial charge in [0.1, 0.15) is 23.6 Å². The van der Waals surface area contributed by atoms with Crippen LogP contribution in [-0.4, -0.2) is 25.3 Å². The Balaban J connectivity index is 0.00000140. The molecule has 0 amide bonds. The van der Waals surface area contributed by atoms with Gasteiger partial charge < -0.3 is 10.4 Å². The monoisotopic (exact) mass is 465 g/mol. The van der Waals surface area contributed by atoms with Gasteiger partial charge in [0.25, 0.3) is 0 Å². The molecule has 0 aliphatic rings. The molecule has 2 heterocycles. The van der Waals surface area contributed by atoms with Gasteiger partial charge in [0.15, 0.2) is 5.82 Å². The van der Waals surface area contributed by atoms with Gasteiger partial charge in [-0.2, -0.15) is 5.10 Å². The van der Waals surface area contributed by atoms with Gasteiger partial charge in [-0.1, -0.05) is 12.1 Å². The molecule has 0 saturated heterocycles. The van der Waals surface area contributed by atoms with E-state index in [9.17, 15) is 9.50 Å². The van der Waals surface area contributed by atoms with Crippen molar-refractivity contribution in [3.63, 3.8) is 0 Å². The van der Waals surface area contributed by atoms with Crippen molar-refractivity contribution < 1.29 is 12.4 Å². The van der Waals surface area contributed by atoms with Crippen molar-refractivity contribution in [1.29, 1.82) is 0 Å². The van der Waals surface area contributed by atoms with Crippen LogP contribution in [0.4, 0.5) is 16.0 Å². The van der Waals surface area contributed by atoms with Crippen LogP contribution in [0, 0.1) is 9.39 Å². The van der Waals surface area contributed by atoms with E-state index in [1.54, 1.807) is 12.3 Å². The summed E-state index contributed by atoms with van der Waals surface area (Å²) in [7, 11) is 0. The van der Waals surface area contributed by atoms with Gasteiger partial charge in [0, 0.05) is 17.9 Å². The van der Waals surface area contributed by atoms with Crippen LogP contribution in [0.1, 0.15) is 20.3 Å². The van der Waals surface area contributed by atoms with E-state index in [4.69, 9.17) is 0 Å². The Bertz CT molecular complexity index is 1060. The van der Waals surface area contributed by atoms with E-state index in [1.807, 2.05) is 18.2 Å². The Kier molecular flexibility index (Phi) is 4.51. The zero-order valence-corrected chi connectivity index (χ0v) is 15.5. The lowest BCUT2D eigenvalue weighted by Crippen LogP contribution is -2.08. The zero-order valence-electron chi connectivity index (χ0n) is 13.3. The average molecular weight is 465 g/mol. The summed E-state index contributed by atoms with van der Waals surface area (Å²) in [6, 6.07) is 13.2. The Morgan fingerprint density at radius 1 is 1.12 bits per heavy atom. The number of aromatic nitrogens is 4. The van der Waals surface area contributed by atoms with Crippen LogP contribution in [0.2, 0.25) is 0 Å². The molecule has 0 aliphatic carbocycles. The number of fused-ring (bicyclic) bond motifs is 1. The standard InChI is InChI=1S/C18H13FIN5O.2H2/c19-11-3-1-10(2-4-11)16(26)18-22-14-9-12(20)5-6-13(14)17(24-18)23-15-7-8-21-25-15;;/h1-9,16,26H,(H2,21,22,23,24,25);2*1H/t16-;;/m1../s1. The van der Waals surface area contributed by atoms with Gasteiger partial charge in [-0.25, -0.2) is 14.4 Å². The van der Waals surface area contributed by atoms with Crippen LogP contribution in [0.15, 0.2) is 54.7 Å². The van der Waals surface area contributed by atoms with Crippen LogP contribution in [0.5, 0.6) is 0 Å². The molecule has 8 heteroatoms. The smallest absolute Gasteiger partial charge is 0.164 e. The van der Waals surface area contributed by atoms with Gasteiger partial charge in [-0.3, -0.25) is 5.10 Å². The first kappa shape index (κ1) is 16.9. The number of rotatable bonds is 4.